The van der Waals surface area contributed by atoms with Gasteiger partial charge in [0.1, 0.15) is 18.0 Å². The van der Waals surface area contributed by atoms with Crippen molar-refractivity contribution in [1.29, 1.82) is 0 Å². The first-order chi connectivity index (χ1) is 11.0. The Morgan fingerprint density at radius 1 is 1.39 bits per heavy atom. The van der Waals surface area contributed by atoms with Crippen LogP contribution in [-0.2, 0) is 13.0 Å². The first-order valence-electron chi connectivity index (χ1n) is 8.02. The molecule has 1 atom stereocenters. The second-order valence-electron chi connectivity index (χ2n) is 5.54. The van der Waals surface area contributed by atoms with Crippen LogP contribution in [0.25, 0.3) is 0 Å². The third kappa shape index (κ3) is 4.30. The van der Waals surface area contributed by atoms with E-state index < -0.39 is 0 Å². The summed E-state index contributed by atoms with van der Waals surface area (Å²) in [5.41, 5.74) is 0.886. The van der Waals surface area contributed by atoms with Gasteiger partial charge in [-0.1, -0.05) is 6.92 Å². The summed E-state index contributed by atoms with van der Waals surface area (Å²) in [7, 11) is 0. The molecule has 0 fully saturated rings. The summed E-state index contributed by atoms with van der Waals surface area (Å²) in [5.74, 6) is 1.58. The highest BCUT2D eigenvalue weighted by Gasteiger charge is 2.13. The SMILES string of the molecule is CCC(C)n1nc(C)cc1NC(=O)NCCc1nncn1CC. The molecule has 0 aromatic carbocycles. The van der Waals surface area contributed by atoms with Crippen LogP contribution in [0.5, 0.6) is 0 Å². The van der Waals surface area contributed by atoms with E-state index in [4.69, 9.17) is 0 Å². The minimum Gasteiger partial charge on any atom is -0.337 e. The van der Waals surface area contributed by atoms with Crippen molar-refractivity contribution in [1.82, 2.24) is 29.9 Å². The fourth-order valence-corrected chi connectivity index (χ4v) is 2.30. The smallest absolute Gasteiger partial charge is 0.320 e. The molecule has 2 heterocycles. The topological polar surface area (TPSA) is 89.7 Å². The molecule has 2 aromatic heterocycles. The number of urea groups is 1. The summed E-state index contributed by atoms with van der Waals surface area (Å²) in [6.45, 7) is 9.44. The van der Waals surface area contributed by atoms with Crippen LogP contribution in [0.2, 0.25) is 0 Å². The molecule has 1 unspecified atom stereocenters. The van der Waals surface area contributed by atoms with Crippen LogP contribution in [-0.4, -0.2) is 37.1 Å². The molecule has 2 rings (SSSR count). The first kappa shape index (κ1) is 17.0. The molecule has 0 radical (unpaired) electrons. The lowest BCUT2D eigenvalue weighted by molar-refractivity contribution is 0.252. The quantitative estimate of drug-likeness (QED) is 0.818. The molecule has 2 amide bonds. The van der Waals surface area contributed by atoms with Crippen molar-refractivity contribution in [3.05, 3.63) is 23.9 Å². The highest BCUT2D eigenvalue weighted by atomic mass is 16.2. The summed E-state index contributed by atoms with van der Waals surface area (Å²) >= 11 is 0. The van der Waals surface area contributed by atoms with Crippen molar-refractivity contribution in [3.8, 4) is 0 Å². The molecule has 0 aliphatic rings. The second kappa shape index (κ2) is 7.75. The number of nitrogens with one attached hydrogen (secondary N) is 2. The van der Waals surface area contributed by atoms with Crippen LogP contribution in [0.15, 0.2) is 12.4 Å². The normalized spacial score (nSPS) is 12.2. The van der Waals surface area contributed by atoms with Crippen LogP contribution in [0.4, 0.5) is 10.6 Å². The van der Waals surface area contributed by atoms with Gasteiger partial charge < -0.3 is 9.88 Å². The van der Waals surface area contributed by atoms with Gasteiger partial charge in [-0.3, -0.25) is 5.32 Å². The van der Waals surface area contributed by atoms with Crippen LogP contribution >= 0.6 is 0 Å². The fraction of sp³-hybridized carbons (Fsp3) is 0.600. The van der Waals surface area contributed by atoms with Crippen LogP contribution in [0.1, 0.15) is 44.8 Å². The first-order valence-corrected chi connectivity index (χ1v) is 8.02. The second-order valence-corrected chi connectivity index (χ2v) is 5.54. The average Bonchev–Trinajstić information content (AvgIpc) is 3.12. The fourth-order valence-electron chi connectivity index (χ4n) is 2.30. The zero-order valence-electron chi connectivity index (χ0n) is 14.2. The highest BCUT2D eigenvalue weighted by Crippen LogP contribution is 2.18. The zero-order valence-corrected chi connectivity index (χ0v) is 14.2. The Morgan fingerprint density at radius 3 is 2.87 bits per heavy atom. The van der Waals surface area contributed by atoms with Gasteiger partial charge >= 0.3 is 6.03 Å². The Hall–Kier alpha value is -2.38. The van der Waals surface area contributed by atoms with Gasteiger partial charge in [0.05, 0.1) is 11.7 Å². The van der Waals surface area contributed by atoms with E-state index in [1.54, 1.807) is 6.33 Å². The number of anilines is 1. The van der Waals surface area contributed by atoms with Crippen molar-refractivity contribution >= 4 is 11.8 Å². The van der Waals surface area contributed by atoms with E-state index in [-0.39, 0.29) is 12.1 Å². The summed E-state index contributed by atoms with van der Waals surface area (Å²) < 4.78 is 3.81. The molecular weight excluding hydrogens is 294 g/mol. The molecule has 0 aliphatic heterocycles. The maximum atomic E-state index is 12.1. The molecule has 23 heavy (non-hydrogen) atoms. The van der Waals surface area contributed by atoms with Gasteiger partial charge in [-0.05, 0) is 27.2 Å². The Balaban J connectivity index is 1.88. The monoisotopic (exact) mass is 319 g/mol. The van der Waals surface area contributed by atoms with Gasteiger partial charge in [-0.15, -0.1) is 10.2 Å². The molecule has 8 heteroatoms. The lowest BCUT2D eigenvalue weighted by Crippen LogP contribution is -2.32. The van der Waals surface area contributed by atoms with Crippen molar-refractivity contribution < 1.29 is 4.79 Å². The number of aromatic nitrogens is 5. The lowest BCUT2D eigenvalue weighted by Gasteiger charge is -2.14. The molecule has 0 aliphatic carbocycles. The average molecular weight is 319 g/mol. The van der Waals surface area contributed by atoms with Gasteiger partial charge in [0, 0.05) is 25.6 Å². The summed E-state index contributed by atoms with van der Waals surface area (Å²) in [6, 6.07) is 1.87. The van der Waals surface area contributed by atoms with Gasteiger partial charge in [0.2, 0.25) is 0 Å². The summed E-state index contributed by atoms with van der Waals surface area (Å²) in [4.78, 5) is 12.1. The number of aryl methyl sites for hydroxylation is 2. The lowest BCUT2D eigenvalue weighted by atomic mass is 10.3. The van der Waals surface area contributed by atoms with E-state index in [0.717, 1.165) is 24.5 Å². The molecule has 0 spiro atoms. The largest absolute Gasteiger partial charge is 0.337 e. The van der Waals surface area contributed by atoms with Gasteiger partial charge in [-0.25, -0.2) is 9.48 Å². The minimum atomic E-state index is -0.239. The van der Waals surface area contributed by atoms with E-state index in [1.165, 1.54) is 0 Å². The molecule has 2 aromatic rings. The molecule has 0 bridgehead atoms. The van der Waals surface area contributed by atoms with Crippen LogP contribution < -0.4 is 10.6 Å². The third-order valence-corrected chi connectivity index (χ3v) is 3.78. The van der Waals surface area contributed by atoms with Gasteiger partial charge in [-0.2, -0.15) is 5.10 Å². The van der Waals surface area contributed by atoms with Gasteiger partial charge in [0.25, 0.3) is 0 Å². The molecule has 2 N–H and O–H groups in total. The number of carbonyl (C=O) groups excluding carboxylic acids is 1. The molecule has 0 saturated carbocycles. The Bertz CT molecular complexity index is 646. The number of hydrogen-bond acceptors (Lipinski definition) is 4. The van der Waals surface area contributed by atoms with E-state index in [1.807, 2.05) is 29.2 Å². The standard InChI is InChI=1S/C15H25N7O/c1-5-12(4)22-14(9-11(3)20-22)18-15(23)16-8-7-13-19-17-10-21(13)6-2/h9-10,12H,5-8H2,1-4H3,(H2,16,18,23). The Labute approximate surface area is 136 Å². The molecular formula is C15H25N7O. The highest BCUT2D eigenvalue weighted by molar-refractivity contribution is 5.88. The van der Waals surface area contributed by atoms with Crippen molar-refractivity contribution in [2.24, 2.45) is 0 Å². The van der Waals surface area contributed by atoms with E-state index in [9.17, 15) is 4.79 Å². The maximum absolute atomic E-state index is 12.1. The number of amides is 2. The molecule has 126 valence electrons. The van der Waals surface area contributed by atoms with E-state index in [2.05, 4.69) is 39.8 Å². The van der Waals surface area contributed by atoms with E-state index >= 15 is 0 Å². The van der Waals surface area contributed by atoms with Gasteiger partial charge in [0.15, 0.2) is 0 Å². The Kier molecular flexibility index (Phi) is 5.72. The van der Waals surface area contributed by atoms with Crippen LogP contribution in [0.3, 0.4) is 0 Å². The van der Waals surface area contributed by atoms with Crippen molar-refractivity contribution in [3.63, 3.8) is 0 Å². The van der Waals surface area contributed by atoms with Crippen LogP contribution in [0, 0.1) is 6.92 Å². The number of nitrogens with zero attached hydrogens (tertiary/aromatic N) is 5. The zero-order chi connectivity index (χ0) is 16.8. The van der Waals surface area contributed by atoms with Crippen molar-refractivity contribution in [2.75, 3.05) is 11.9 Å². The predicted molar refractivity (Wildman–Crippen MR) is 88.4 cm³/mol. The number of rotatable bonds is 7. The predicted octanol–water partition coefficient (Wildman–Crippen LogP) is 2.14. The molecule has 0 saturated heterocycles. The Morgan fingerprint density at radius 2 is 2.17 bits per heavy atom. The van der Waals surface area contributed by atoms with Crippen molar-refractivity contribution in [2.45, 2.75) is 53.1 Å². The summed E-state index contributed by atoms with van der Waals surface area (Å²) in [5, 5.41) is 18.1. The minimum absolute atomic E-state index is 0.238. The number of carbonyl (C=O) groups is 1. The third-order valence-electron chi connectivity index (χ3n) is 3.78. The maximum Gasteiger partial charge on any atom is 0.320 e. The molecule has 8 nitrogen and oxygen atoms in total. The van der Waals surface area contributed by atoms with E-state index in [0.29, 0.717) is 18.8 Å². The summed E-state index contributed by atoms with van der Waals surface area (Å²) in [6.07, 6.45) is 3.29. The number of hydrogen-bond donors (Lipinski definition) is 2.